The number of alkyl halides is 2. The van der Waals surface area contributed by atoms with E-state index in [0.29, 0.717) is 0 Å². The van der Waals surface area contributed by atoms with Crippen molar-refractivity contribution in [2.24, 2.45) is 0 Å². The summed E-state index contributed by atoms with van der Waals surface area (Å²) in [7, 11) is -4.30. The van der Waals surface area contributed by atoms with Crippen LogP contribution in [0, 0.1) is 75.6 Å². The van der Waals surface area contributed by atoms with Crippen molar-refractivity contribution < 1.29 is 92.7 Å². The van der Waals surface area contributed by atoms with Gasteiger partial charge in [-0.1, -0.05) is 6.07 Å². The van der Waals surface area contributed by atoms with Gasteiger partial charge < -0.3 is 9.31 Å². The minimum atomic E-state index is -5.49. The van der Waals surface area contributed by atoms with Gasteiger partial charge in [-0.05, 0) is 11.5 Å². The van der Waals surface area contributed by atoms with E-state index in [4.69, 9.17) is 0 Å². The standard InChI is InChI=1S/C28H2BF19O2/c30-4-2-1-3-5(11(4)31)12(32)20(40)19(39)10(3)29(49-27(47)8-6(15(35)25(27)45)13(33)21(41)23(43)17(8)37)50-28(48)9-7(16(36)26(28)46)14(34)22(42)24(44)18(9)38/h1-2H. The Morgan fingerprint density at radius 1 is 0.420 bits per heavy atom. The molecule has 2 aliphatic carbocycles. The van der Waals surface area contributed by atoms with E-state index in [-0.39, 0.29) is 12.1 Å². The van der Waals surface area contributed by atoms with Gasteiger partial charge in [0, 0.05) is 5.46 Å². The average molecular weight is 742 g/mol. The Morgan fingerprint density at radius 2 is 0.800 bits per heavy atom. The van der Waals surface area contributed by atoms with E-state index in [9.17, 15) is 61.5 Å². The van der Waals surface area contributed by atoms with Gasteiger partial charge in [0.15, 0.2) is 87.3 Å². The Bertz CT molecular complexity index is 2200. The highest BCUT2D eigenvalue weighted by atomic mass is 19.2. The van der Waals surface area contributed by atoms with E-state index in [2.05, 4.69) is 9.31 Å². The zero-order chi connectivity index (χ0) is 37.3. The van der Waals surface area contributed by atoms with Gasteiger partial charge in [-0.15, -0.1) is 0 Å². The smallest absolute Gasteiger partial charge is 0.366 e. The van der Waals surface area contributed by atoms with Gasteiger partial charge in [-0.3, -0.25) is 0 Å². The van der Waals surface area contributed by atoms with Gasteiger partial charge in [0.25, 0.3) is 11.7 Å². The zero-order valence-electron chi connectivity index (χ0n) is 22.7. The van der Waals surface area contributed by atoms with Gasteiger partial charge in [-0.2, -0.15) is 8.78 Å². The topological polar surface area (TPSA) is 18.5 Å². The first kappa shape index (κ1) is 35.1. The summed E-state index contributed by atoms with van der Waals surface area (Å²) >= 11 is 0. The molecule has 0 amide bonds. The molecule has 50 heavy (non-hydrogen) atoms. The number of hydrogen-bond acceptors (Lipinski definition) is 2. The maximum absolute atomic E-state index is 16.4. The molecular weight excluding hydrogens is 740 g/mol. The van der Waals surface area contributed by atoms with Crippen molar-refractivity contribution in [1.29, 1.82) is 0 Å². The van der Waals surface area contributed by atoms with Crippen molar-refractivity contribution in [3.8, 4) is 0 Å². The Kier molecular flexibility index (Phi) is 7.82. The summed E-state index contributed by atoms with van der Waals surface area (Å²) in [6, 6.07) is -0.0958. The fourth-order valence-electron chi connectivity index (χ4n) is 5.32. The largest absolute Gasteiger partial charge is 0.503 e. The van der Waals surface area contributed by atoms with Crippen LogP contribution < -0.4 is 5.46 Å². The maximum atomic E-state index is 16.4. The van der Waals surface area contributed by atoms with Crippen LogP contribution in [-0.4, -0.2) is 7.12 Å². The fourth-order valence-corrected chi connectivity index (χ4v) is 5.32. The van der Waals surface area contributed by atoms with Gasteiger partial charge in [0.05, 0.1) is 27.6 Å². The second-order valence-corrected chi connectivity index (χ2v) is 10.2. The Labute approximate surface area is 261 Å². The third-order valence-electron chi connectivity index (χ3n) is 7.57. The van der Waals surface area contributed by atoms with Crippen LogP contribution in [0.15, 0.2) is 23.8 Å². The second-order valence-electron chi connectivity index (χ2n) is 10.2. The third-order valence-corrected chi connectivity index (χ3v) is 7.57. The highest BCUT2D eigenvalue weighted by molar-refractivity contribution is 6.64. The lowest BCUT2D eigenvalue weighted by Crippen LogP contribution is -2.49. The van der Waals surface area contributed by atoms with Gasteiger partial charge >= 0.3 is 7.12 Å². The third kappa shape index (κ3) is 4.29. The predicted molar refractivity (Wildman–Crippen MR) is 128 cm³/mol. The summed E-state index contributed by atoms with van der Waals surface area (Å²) in [5, 5.41) is -3.83. The SMILES string of the molecule is FC1=C(F)C(F)(OB(OC2(F)C(F)=C(F)c3c(F)c(F)c(F)c(F)c32)c2c(F)c(F)c(F)c3c(F)c(F)ccc23)c2c(F)c(F)c(F)c(F)c21. The lowest BCUT2D eigenvalue weighted by Gasteiger charge is -2.31. The monoisotopic (exact) mass is 742 g/mol. The minimum absolute atomic E-state index is 0.0143. The van der Waals surface area contributed by atoms with E-state index < -0.39 is 156 Å². The average Bonchev–Trinajstić information content (AvgIpc) is 3.39. The molecular formula is C28H2BF19O2. The Morgan fingerprint density at radius 3 is 1.22 bits per heavy atom. The molecule has 0 fully saturated rings. The summed E-state index contributed by atoms with van der Waals surface area (Å²) in [5.74, 6) is -60.9. The number of rotatable bonds is 5. The highest BCUT2D eigenvalue weighted by Crippen LogP contribution is 2.56. The quantitative estimate of drug-likeness (QED) is 0.0880. The molecule has 262 valence electrons. The molecule has 2 atom stereocenters. The molecule has 0 saturated heterocycles. The molecule has 0 aliphatic heterocycles. The van der Waals surface area contributed by atoms with Crippen LogP contribution in [0.2, 0.25) is 0 Å². The van der Waals surface area contributed by atoms with E-state index in [1.165, 1.54) is 0 Å². The Balaban J connectivity index is 1.70. The molecule has 0 bridgehead atoms. The second kappa shape index (κ2) is 11.1. The molecule has 22 heteroatoms. The van der Waals surface area contributed by atoms with Crippen molar-refractivity contribution >= 4 is 35.0 Å². The van der Waals surface area contributed by atoms with Crippen LogP contribution in [-0.2, 0) is 21.0 Å². The molecule has 2 aliphatic rings. The van der Waals surface area contributed by atoms with E-state index in [0.717, 1.165) is 0 Å². The molecule has 4 aromatic carbocycles. The molecule has 2 nitrogen and oxygen atoms in total. The highest BCUT2D eigenvalue weighted by Gasteiger charge is 2.61. The van der Waals surface area contributed by atoms with Crippen molar-refractivity contribution in [2.75, 3.05) is 0 Å². The first-order chi connectivity index (χ1) is 23.1. The molecule has 0 aromatic heterocycles. The van der Waals surface area contributed by atoms with E-state index in [1.807, 2.05) is 0 Å². The van der Waals surface area contributed by atoms with Crippen LogP contribution in [0.4, 0.5) is 83.4 Å². The van der Waals surface area contributed by atoms with Crippen LogP contribution in [0.5, 0.6) is 0 Å². The molecule has 4 aromatic rings. The fraction of sp³-hybridized carbons (Fsp3) is 0.0714. The maximum Gasteiger partial charge on any atom is 0.503 e. The number of fused-ring (bicyclic) bond motifs is 3. The molecule has 0 spiro atoms. The van der Waals surface area contributed by atoms with Crippen molar-refractivity contribution in [1.82, 2.24) is 0 Å². The van der Waals surface area contributed by atoms with Crippen molar-refractivity contribution in [3.63, 3.8) is 0 Å². The first-order valence-corrected chi connectivity index (χ1v) is 12.7. The van der Waals surface area contributed by atoms with E-state index >= 15 is 22.0 Å². The van der Waals surface area contributed by atoms with Crippen molar-refractivity contribution in [2.45, 2.75) is 11.7 Å². The molecule has 2 unspecified atom stereocenters. The summed E-state index contributed by atoms with van der Waals surface area (Å²) in [4.78, 5) is 0. The summed E-state index contributed by atoms with van der Waals surface area (Å²) < 4.78 is 289. The van der Waals surface area contributed by atoms with Crippen LogP contribution in [0.25, 0.3) is 22.4 Å². The van der Waals surface area contributed by atoms with E-state index in [1.54, 1.807) is 0 Å². The molecule has 0 radical (unpaired) electrons. The lowest BCUT2D eigenvalue weighted by atomic mass is 9.73. The lowest BCUT2D eigenvalue weighted by molar-refractivity contribution is -0.113. The number of benzene rings is 4. The summed E-state index contributed by atoms with van der Waals surface area (Å²) in [6.07, 6.45) is 0. The summed E-state index contributed by atoms with van der Waals surface area (Å²) in [5.41, 5.74) is -12.8. The molecule has 6 rings (SSSR count). The normalized spacial score (nSPS) is 20.1. The Hall–Kier alpha value is -4.73. The number of hydrogen-bond donors (Lipinski definition) is 0. The van der Waals surface area contributed by atoms with Gasteiger partial charge in [-0.25, -0.2) is 74.6 Å². The summed E-state index contributed by atoms with van der Waals surface area (Å²) in [6.45, 7) is 0. The van der Waals surface area contributed by atoms with Crippen molar-refractivity contribution in [3.05, 3.63) is 122 Å². The zero-order valence-corrected chi connectivity index (χ0v) is 22.7. The molecule has 0 N–H and O–H groups in total. The van der Waals surface area contributed by atoms with Gasteiger partial charge in [0.2, 0.25) is 11.7 Å². The van der Waals surface area contributed by atoms with Crippen LogP contribution >= 0.6 is 0 Å². The first-order valence-electron chi connectivity index (χ1n) is 12.7. The minimum Gasteiger partial charge on any atom is -0.366 e. The molecule has 0 heterocycles. The predicted octanol–water partition coefficient (Wildman–Crippen LogP) is 9.26. The number of halogens is 19. The van der Waals surface area contributed by atoms with Crippen LogP contribution in [0.1, 0.15) is 22.3 Å². The van der Waals surface area contributed by atoms with Gasteiger partial charge in [0.1, 0.15) is 0 Å². The molecule has 0 saturated carbocycles. The van der Waals surface area contributed by atoms with Crippen LogP contribution in [0.3, 0.4) is 0 Å².